The molecule has 2 aromatic rings. The molecule has 0 aliphatic rings. The van der Waals surface area contributed by atoms with Gasteiger partial charge in [-0.25, -0.2) is 24.3 Å². The minimum Gasteiger partial charge on any atom is -0.392 e. The van der Waals surface area contributed by atoms with Gasteiger partial charge < -0.3 is 10.2 Å². The van der Waals surface area contributed by atoms with Crippen molar-refractivity contribution < 1.29 is 27.3 Å². The van der Waals surface area contributed by atoms with E-state index in [0.717, 1.165) is 0 Å². The molecule has 2 rings (SSSR count). The second-order valence-electron chi connectivity index (χ2n) is 8.46. The van der Waals surface area contributed by atoms with E-state index in [-0.39, 0.29) is 29.8 Å². The first-order valence-corrected chi connectivity index (χ1v) is 15.1. The van der Waals surface area contributed by atoms with Crippen LogP contribution in [0.3, 0.4) is 0 Å². The van der Waals surface area contributed by atoms with Crippen LogP contribution >= 0.6 is 0 Å². The molecule has 0 saturated heterocycles. The van der Waals surface area contributed by atoms with Gasteiger partial charge in [0.15, 0.2) is 0 Å². The van der Waals surface area contributed by atoms with E-state index in [1.54, 1.807) is 19.1 Å². The van der Waals surface area contributed by atoms with Crippen molar-refractivity contribution in [3.05, 3.63) is 85.0 Å². The molecule has 0 aliphatic heterocycles. The van der Waals surface area contributed by atoms with Crippen LogP contribution in [0.25, 0.3) is 0 Å². The Bertz CT molecular complexity index is 570. The third kappa shape index (κ3) is 28.8. The zero-order valence-electron chi connectivity index (χ0n) is 21.1. The Morgan fingerprint density at radius 3 is 2.00 bits per heavy atom. The molecule has 0 heterocycles. The summed E-state index contributed by atoms with van der Waals surface area (Å²) in [5.41, 5.74) is 1.52. The smallest absolute Gasteiger partial charge is 0.392 e. The molecule has 32 heavy (non-hydrogen) atoms. The molecule has 2 N–H and O–H groups in total. The summed E-state index contributed by atoms with van der Waals surface area (Å²) in [6.45, 7) is 14.4. The number of hydrogen-bond acceptors (Lipinski definition) is 2. The standard InChI is InChI=1S/C15H27Si.C5H5.2C4H8O.Fe/c1-4-5-13-16(2,3)14-9-8-12-15-10-6-7-11-15;1-2-4-5-3-1;1-3-4(2)5;1-2-3-4-5;/h6-7,10-11H,4-5,8-9,12-14H2,1-3H3;1-5H;3-5H,1H2,2H3;2-3,5H,4H2,1H3;/q2*-1;;;+2/b;;;3-2+;. The zero-order chi connectivity index (χ0) is 23.8. The number of aryl methyl sites for hydroxylation is 1. The summed E-state index contributed by atoms with van der Waals surface area (Å²) >= 11 is 0. The number of rotatable bonds is 10. The predicted octanol–water partition coefficient (Wildman–Crippen LogP) is 7.75. The van der Waals surface area contributed by atoms with Gasteiger partial charge in [0.05, 0.1) is 12.7 Å². The van der Waals surface area contributed by atoms with Gasteiger partial charge in [0.1, 0.15) is 0 Å². The maximum Gasteiger partial charge on any atom is 2.00 e. The second kappa shape index (κ2) is 26.1. The largest absolute Gasteiger partial charge is 2.00 e. The molecule has 1 unspecified atom stereocenters. The van der Waals surface area contributed by atoms with Gasteiger partial charge >= 0.3 is 17.1 Å². The number of hydrogen-bond donors (Lipinski definition) is 2. The van der Waals surface area contributed by atoms with Gasteiger partial charge in [0.25, 0.3) is 0 Å². The van der Waals surface area contributed by atoms with E-state index in [9.17, 15) is 0 Å². The van der Waals surface area contributed by atoms with Crippen LogP contribution in [0.4, 0.5) is 0 Å². The van der Waals surface area contributed by atoms with E-state index in [0.29, 0.717) is 0 Å². The minimum absolute atomic E-state index is 0. The molecule has 0 aliphatic carbocycles. The van der Waals surface area contributed by atoms with Crippen molar-refractivity contribution in [2.75, 3.05) is 6.61 Å². The van der Waals surface area contributed by atoms with E-state index >= 15 is 0 Å². The number of aliphatic hydroxyl groups excluding tert-OH is 2. The summed E-state index contributed by atoms with van der Waals surface area (Å²) in [5, 5.41) is 16.2. The van der Waals surface area contributed by atoms with Gasteiger partial charge in [-0.15, -0.1) is 6.58 Å². The van der Waals surface area contributed by atoms with Crippen molar-refractivity contribution in [3.63, 3.8) is 0 Å². The van der Waals surface area contributed by atoms with Gasteiger partial charge in [-0.1, -0.05) is 82.4 Å². The normalized spacial score (nSPS) is 11.0. The van der Waals surface area contributed by atoms with E-state index in [1.165, 1.54) is 55.8 Å². The zero-order valence-corrected chi connectivity index (χ0v) is 23.2. The first-order chi connectivity index (χ1) is 14.8. The van der Waals surface area contributed by atoms with Crippen molar-refractivity contribution >= 4 is 8.07 Å². The van der Waals surface area contributed by atoms with Crippen LogP contribution in [0, 0.1) is 0 Å². The molecule has 2 nitrogen and oxygen atoms in total. The van der Waals surface area contributed by atoms with Crippen LogP contribution in [-0.4, -0.2) is 31.0 Å². The number of unbranched alkanes of at least 4 members (excludes halogenated alkanes) is 2. The Morgan fingerprint density at radius 2 is 1.66 bits per heavy atom. The number of aliphatic hydroxyl groups is 2. The van der Waals surface area contributed by atoms with Crippen molar-refractivity contribution in [1.82, 2.24) is 0 Å². The third-order valence-electron chi connectivity index (χ3n) is 4.75. The molecule has 4 heteroatoms. The summed E-state index contributed by atoms with van der Waals surface area (Å²) in [7, 11) is -0.846. The molecular weight excluding hydrogens is 452 g/mol. The summed E-state index contributed by atoms with van der Waals surface area (Å²) in [4.78, 5) is 0. The quantitative estimate of drug-likeness (QED) is 0.152. The fraction of sp³-hybridized carbons (Fsp3) is 0.500. The molecule has 0 bridgehead atoms. The topological polar surface area (TPSA) is 40.5 Å². The van der Waals surface area contributed by atoms with E-state index < -0.39 is 8.07 Å². The molecule has 1 atom stereocenters. The summed E-state index contributed by atoms with van der Waals surface area (Å²) in [6, 6.07) is 21.8. The monoisotopic (exact) mass is 500 g/mol. The predicted molar refractivity (Wildman–Crippen MR) is 143 cm³/mol. The Morgan fingerprint density at radius 1 is 1.06 bits per heavy atom. The Labute approximate surface area is 210 Å². The Kier molecular flexibility index (Phi) is 28.9. The molecule has 0 fully saturated rings. The average Bonchev–Trinajstić information content (AvgIpc) is 3.48. The van der Waals surface area contributed by atoms with Crippen molar-refractivity contribution in [2.45, 2.75) is 84.2 Å². The molecule has 0 saturated carbocycles. The minimum atomic E-state index is -0.846. The van der Waals surface area contributed by atoms with Gasteiger partial charge in [-0.2, -0.15) is 35.9 Å². The van der Waals surface area contributed by atoms with Crippen molar-refractivity contribution in [3.8, 4) is 0 Å². The van der Waals surface area contributed by atoms with Crippen LogP contribution in [0.1, 0.15) is 52.0 Å². The van der Waals surface area contributed by atoms with Crippen LogP contribution < -0.4 is 0 Å². The van der Waals surface area contributed by atoms with Gasteiger partial charge in [-0.3, -0.25) is 0 Å². The SMILES string of the molecule is C/C=C/CO.C=CC(C)O.CCCC[Si](C)(C)CCCCc1ccc[cH-]1.[Fe+2].c1cc[cH-]c1. The molecule has 0 spiro atoms. The molecule has 0 radical (unpaired) electrons. The average molecular weight is 501 g/mol. The molecule has 0 amide bonds. The van der Waals surface area contributed by atoms with Crippen LogP contribution in [0.15, 0.2) is 79.4 Å². The van der Waals surface area contributed by atoms with Gasteiger partial charge in [-0.05, 0) is 13.8 Å². The van der Waals surface area contributed by atoms with Crippen LogP contribution in [0.2, 0.25) is 25.2 Å². The molecular formula is C28H48FeO2Si. The fourth-order valence-electron chi connectivity index (χ4n) is 2.72. The van der Waals surface area contributed by atoms with Gasteiger partial charge in [0, 0.05) is 8.07 Å². The molecule has 184 valence electrons. The van der Waals surface area contributed by atoms with Gasteiger partial charge in [0.2, 0.25) is 0 Å². The molecule has 0 aromatic heterocycles. The fourth-order valence-corrected chi connectivity index (χ4v) is 5.49. The maximum absolute atomic E-state index is 8.24. The van der Waals surface area contributed by atoms with E-state index in [2.05, 4.69) is 50.9 Å². The maximum atomic E-state index is 8.24. The van der Waals surface area contributed by atoms with E-state index in [1.807, 2.05) is 37.3 Å². The summed E-state index contributed by atoms with van der Waals surface area (Å²) in [5.74, 6) is 0. The first-order valence-electron chi connectivity index (χ1n) is 11.7. The van der Waals surface area contributed by atoms with Crippen LogP contribution in [-0.2, 0) is 23.5 Å². The second-order valence-corrected chi connectivity index (χ2v) is 13.8. The molecule has 2 aromatic carbocycles. The summed E-state index contributed by atoms with van der Waals surface area (Å²) < 4.78 is 0. The Balaban J connectivity index is -0.000000430. The van der Waals surface area contributed by atoms with Crippen LogP contribution in [0.5, 0.6) is 0 Å². The van der Waals surface area contributed by atoms with E-state index in [4.69, 9.17) is 10.2 Å². The number of allylic oxidation sites excluding steroid dienone is 1. The first kappa shape index (κ1) is 35.4. The Hall–Kier alpha value is -1.16. The van der Waals surface area contributed by atoms with Crippen molar-refractivity contribution in [2.24, 2.45) is 0 Å². The van der Waals surface area contributed by atoms with Crippen molar-refractivity contribution in [1.29, 1.82) is 0 Å². The summed E-state index contributed by atoms with van der Waals surface area (Å²) in [6.07, 6.45) is 11.5. The third-order valence-corrected chi connectivity index (χ3v) is 8.16.